The van der Waals surface area contributed by atoms with E-state index in [0.29, 0.717) is 0 Å². The maximum atomic E-state index is 11.5. The highest BCUT2D eigenvalue weighted by Crippen LogP contribution is 2.35. The number of hydrogen-bond donors (Lipinski definition) is 0. The first-order valence-electron chi connectivity index (χ1n) is 8.36. The van der Waals surface area contributed by atoms with Crippen molar-refractivity contribution in [3.8, 4) is 0 Å². The van der Waals surface area contributed by atoms with Crippen molar-refractivity contribution in [1.82, 2.24) is 0 Å². The van der Waals surface area contributed by atoms with Crippen molar-refractivity contribution < 1.29 is 25.2 Å². The Balaban J connectivity index is 2.49. The Bertz CT molecular complexity index is 917. The molecule has 0 amide bonds. The minimum atomic E-state index is -3.69. The van der Waals surface area contributed by atoms with E-state index in [1.54, 1.807) is 0 Å². The number of benzene rings is 2. The van der Waals surface area contributed by atoms with Gasteiger partial charge in [-0.1, -0.05) is 54.6 Å². The van der Waals surface area contributed by atoms with Crippen LogP contribution in [-0.2, 0) is 28.6 Å². The molecule has 0 aromatic heterocycles. The van der Waals surface area contributed by atoms with Gasteiger partial charge in [-0.25, -0.2) is 0 Å². The van der Waals surface area contributed by atoms with Crippen molar-refractivity contribution in [3.63, 3.8) is 0 Å². The van der Waals surface area contributed by atoms with Crippen molar-refractivity contribution in [1.29, 1.82) is 0 Å². The molecule has 0 aliphatic carbocycles. The van der Waals surface area contributed by atoms with Crippen LogP contribution in [0, 0.1) is 12.8 Å². The third-order valence-electron chi connectivity index (χ3n) is 4.15. The van der Waals surface area contributed by atoms with Gasteiger partial charge in [0.2, 0.25) is 0 Å². The maximum absolute atomic E-state index is 11.5. The highest BCUT2D eigenvalue weighted by molar-refractivity contribution is 7.86. The van der Waals surface area contributed by atoms with Gasteiger partial charge in [0.15, 0.2) is 0 Å². The Kier molecular flexibility index (Phi) is 7.16. The van der Waals surface area contributed by atoms with Gasteiger partial charge >= 0.3 is 0 Å². The molecule has 0 aliphatic heterocycles. The molecule has 0 unspecified atom stereocenters. The van der Waals surface area contributed by atoms with Gasteiger partial charge in [-0.2, -0.15) is 16.8 Å². The van der Waals surface area contributed by atoms with E-state index < -0.39 is 26.2 Å². The average Bonchev–Trinajstić information content (AvgIpc) is 2.58. The van der Waals surface area contributed by atoms with Gasteiger partial charge in [-0.05, 0) is 23.6 Å². The summed E-state index contributed by atoms with van der Waals surface area (Å²) in [4.78, 5) is 0. The molecule has 0 aliphatic rings. The molecule has 0 N–H and O–H groups in total. The Hall–Kier alpha value is -1.74. The summed E-state index contributed by atoms with van der Waals surface area (Å²) in [5.41, 5.74) is 2.89. The van der Waals surface area contributed by atoms with Crippen LogP contribution >= 0.6 is 0 Å². The molecule has 148 valence electrons. The summed E-state index contributed by atoms with van der Waals surface area (Å²) < 4.78 is 56.1. The standard InChI is InChI=1S/C19H24O6S2/c1-15-9-7-8-12-18(15)19(16-10-5-4-6-11-16)17(13-24-26(2,20)21)14-25-27(3,22)23/h4-12,17,19H,13-14H2,1-3H3/t19-/m1/s1. The summed E-state index contributed by atoms with van der Waals surface area (Å²) in [6.45, 7) is 1.57. The fourth-order valence-electron chi connectivity index (χ4n) is 2.96. The highest BCUT2D eigenvalue weighted by Gasteiger charge is 2.29. The molecule has 27 heavy (non-hydrogen) atoms. The lowest BCUT2D eigenvalue weighted by molar-refractivity contribution is 0.173. The van der Waals surface area contributed by atoms with E-state index >= 15 is 0 Å². The average molecular weight is 413 g/mol. The third-order valence-corrected chi connectivity index (χ3v) is 5.27. The zero-order chi connectivity index (χ0) is 20.1. The first kappa shape index (κ1) is 21.6. The predicted octanol–water partition coefficient (Wildman–Crippen LogP) is 2.70. The molecule has 0 bridgehead atoms. The van der Waals surface area contributed by atoms with Gasteiger partial charge in [-0.15, -0.1) is 0 Å². The molecule has 1 atom stereocenters. The van der Waals surface area contributed by atoms with Gasteiger partial charge in [0.05, 0.1) is 25.7 Å². The summed E-state index contributed by atoms with van der Waals surface area (Å²) >= 11 is 0. The van der Waals surface area contributed by atoms with E-state index in [1.165, 1.54) is 0 Å². The monoisotopic (exact) mass is 412 g/mol. The Morgan fingerprint density at radius 1 is 0.778 bits per heavy atom. The molecular weight excluding hydrogens is 388 g/mol. The first-order valence-corrected chi connectivity index (χ1v) is 12.0. The molecule has 2 aromatic rings. The fourth-order valence-corrected chi connectivity index (χ4v) is 3.81. The maximum Gasteiger partial charge on any atom is 0.264 e. The van der Waals surface area contributed by atoms with Crippen LogP contribution in [0.25, 0.3) is 0 Å². The van der Waals surface area contributed by atoms with E-state index in [9.17, 15) is 16.8 Å². The summed E-state index contributed by atoms with van der Waals surface area (Å²) in [5.74, 6) is -0.825. The van der Waals surface area contributed by atoms with Gasteiger partial charge in [0, 0.05) is 11.8 Å². The second-order valence-electron chi connectivity index (χ2n) is 6.48. The van der Waals surface area contributed by atoms with E-state index in [2.05, 4.69) is 0 Å². The largest absolute Gasteiger partial charge is 0.270 e. The molecule has 0 heterocycles. The summed E-state index contributed by atoms with van der Waals surface area (Å²) in [6.07, 6.45) is 1.93. The number of aryl methyl sites for hydroxylation is 1. The molecule has 0 saturated carbocycles. The van der Waals surface area contributed by atoms with Crippen LogP contribution in [0.15, 0.2) is 54.6 Å². The minimum Gasteiger partial charge on any atom is -0.270 e. The molecule has 0 fully saturated rings. The Labute approximate surface area is 161 Å². The van der Waals surface area contributed by atoms with Gasteiger partial charge in [-0.3, -0.25) is 8.37 Å². The fraction of sp³-hybridized carbons (Fsp3) is 0.368. The summed E-state index contributed by atoms with van der Waals surface area (Å²) in [5, 5.41) is 0. The van der Waals surface area contributed by atoms with Crippen molar-refractivity contribution in [2.24, 2.45) is 5.92 Å². The molecule has 0 saturated heterocycles. The summed E-state index contributed by atoms with van der Waals surface area (Å²) in [7, 11) is -7.37. The molecule has 8 heteroatoms. The molecule has 2 aromatic carbocycles. The molecule has 0 radical (unpaired) electrons. The zero-order valence-electron chi connectivity index (χ0n) is 15.5. The van der Waals surface area contributed by atoms with Crippen molar-refractivity contribution in [2.75, 3.05) is 25.7 Å². The second kappa shape index (κ2) is 8.97. The molecule has 6 nitrogen and oxygen atoms in total. The SMILES string of the molecule is Cc1ccccc1[C@H](c1ccccc1)C(COS(C)(=O)=O)COS(C)(=O)=O. The van der Waals surface area contributed by atoms with Crippen LogP contribution in [-0.4, -0.2) is 42.6 Å². The van der Waals surface area contributed by atoms with E-state index in [-0.39, 0.29) is 19.1 Å². The van der Waals surface area contributed by atoms with E-state index in [1.807, 2.05) is 61.5 Å². The van der Waals surface area contributed by atoms with Crippen molar-refractivity contribution >= 4 is 20.2 Å². The Morgan fingerprint density at radius 3 is 1.74 bits per heavy atom. The van der Waals surface area contributed by atoms with Crippen LogP contribution in [0.2, 0.25) is 0 Å². The normalized spacial score (nSPS) is 13.6. The van der Waals surface area contributed by atoms with Crippen LogP contribution in [0.4, 0.5) is 0 Å². The topological polar surface area (TPSA) is 86.7 Å². The third kappa shape index (κ3) is 7.06. The Morgan fingerprint density at radius 2 is 1.26 bits per heavy atom. The lowest BCUT2D eigenvalue weighted by atomic mass is 9.80. The van der Waals surface area contributed by atoms with Gasteiger partial charge in [0.1, 0.15) is 0 Å². The van der Waals surface area contributed by atoms with Crippen LogP contribution < -0.4 is 0 Å². The van der Waals surface area contributed by atoms with Crippen LogP contribution in [0.3, 0.4) is 0 Å². The first-order chi connectivity index (χ1) is 12.6. The van der Waals surface area contributed by atoms with E-state index in [4.69, 9.17) is 8.37 Å². The molecule has 0 spiro atoms. The number of hydrogen-bond acceptors (Lipinski definition) is 6. The lowest BCUT2D eigenvalue weighted by Gasteiger charge is -2.28. The van der Waals surface area contributed by atoms with E-state index in [0.717, 1.165) is 29.2 Å². The molecular formula is C19H24O6S2. The van der Waals surface area contributed by atoms with Gasteiger partial charge < -0.3 is 0 Å². The van der Waals surface area contributed by atoms with Crippen molar-refractivity contribution in [2.45, 2.75) is 12.8 Å². The van der Waals surface area contributed by atoms with Crippen LogP contribution in [0.5, 0.6) is 0 Å². The number of rotatable bonds is 9. The quantitative estimate of drug-likeness (QED) is 0.589. The van der Waals surface area contributed by atoms with Crippen LogP contribution in [0.1, 0.15) is 22.6 Å². The summed E-state index contributed by atoms with van der Waals surface area (Å²) in [6, 6.07) is 17.2. The lowest BCUT2D eigenvalue weighted by Crippen LogP contribution is -2.27. The molecule has 2 rings (SSSR count). The minimum absolute atomic E-state index is 0.192. The zero-order valence-corrected chi connectivity index (χ0v) is 17.2. The smallest absolute Gasteiger partial charge is 0.264 e. The van der Waals surface area contributed by atoms with Crippen molar-refractivity contribution in [3.05, 3.63) is 71.3 Å². The predicted molar refractivity (Wildman–Crippen MR) is 105 cm³/mol. The van der Waals surface area contributed by atoms with Gasteiger partial charge in [0.25, 0.3) is 20.2 Å². The second-order valence-corrected chi connectivity index (χ2v) is 9.77. The highest BCUT2D eigenvalue weighted by atomic mass is 32.2.